The monoisotopic (exact) mass is 324 g/mol. The molecule has 0 unspecified atom stereocenters. The number of rotatable bonds is 8. The fourth-order valence-corrected chi connectivity index (χ4v) is 2.85. The van der Waals surface area contributed by atoms with Crippen molar-refractivity contribution >= 4 is 11.9 Å². The van der Waals surface area contributed by atoms with E-state index in [1.807, 2.05) is 0 Å². The molecular formula is C17H32N4O2. The molecule has 0 aromatic heterocycles. The Kier molecular flexibility index (Phi) is 7.65. The highest BCUT2D eigenvalue weighted by atomic mass is 16.5. The molecule has 2 aliphatic rings. The van der Waals surface area contributed by atoms with Gasteiger partial charge in [-0.15, -0.1) is 0 Å². The third-order valence-electron chi connectivity index (χ3n) is 4.24. The predicted molar refractivity (Wildman–Crippen MR) is 92.6 cm³/mol. The van der Waals surface area contributed by atoms with Crippen LogP contribution in [0.4, 0.5) is 0 Å². The second kappa shape index (κ2) is 9.75. The fourth-order valence-electron chi connectivity index (χ4n) is 2.85. The van der Waals surface area contributed by atoms with E-state index in [1.54, 1.807) is 0 Å². The number of likely N-dealkylation sites (tertiary alicyclic amines) is 1. The molecule has 0 radical (unpaired) electrons. The Balaban J connectivity index is 1.70. The number of hydrogen-bond acceptors (Lipinski definition) is 3. The van der Waals surface area contributed by atoms with Crippen LogP contribution in [0, 0.1) is 0 Å². The van der Waals surface area contributed by atoms with Gasteiger partial charge in [-0.1, -0.05) is 0 Å². The molecule has 6 heteroatoms. The summed E-state index contributed by atoms with van der Waals surface area (Å²) in [6.45, 7) is 8.47. The molecule has 0 aromatic carbocycles. The minimum atomic E-state index is 0.172. The Morgan fingerprint density at radius 2 is 1.96 bits per heavy atom. The van der Waals surface area contributed by atoms with Crippen molar-refractivity contribution in [1.82, 2.24) is 15.5 Å². The lowest BCUT2D eigenvalue weighted by Gasteiger charge is -2.34. The van der Waals surface area contributed by atoms with Crippen molar-refractivity contribution in [2.24, 2.45) is 4.99 Å². The van der Waals surface area contributed by atoms with E-state index >= 15 is 0 Å². The second-order valence-corrected chi connectivity index (χ2v) is 6.32. The Labute approximate surface area is 140 Å². The zero-order chi connectivity index (χ0) is 16.5. The van der Waals surface area contributed by atoms with E-state index in [4.69, 9.17) is 4.74 Å². The lowest BCUT2D eigenvalue weighted by molar-refractivity contribution is -0.121. The first-order chi connectivity index (χ1) is 11.2. The number of carbonyl (C=O) groups excluding carboxylic acids is 1. The third-order valence-corrected chi connectivity index (χ3v) is 4.24. The van der Waals surface area contributed by atoms with Crippen LogP contribution in [0.2, 0.25) is 0 Å². The average molecular weight is 324 g/mol. The van der Waals surface area contributed by atoms with Crippen molar-refractivity contribution in [1.29, 1.82) is 0 Å². The molecule has 2 rings (SSSR count). The van der Waals surface area contributed by atoms with Crippen LogP contribution in [-0.4, -0.2) is 61.7 Å². The van der Waals surface area contributed by atoms with E-state index in [1.165, 1.54) is 0 Å². The summed E-state index contributed by atoms with van der Waals surface area (Å²) in [4.78, 5) is 18.7. The molecule has 1 aliphatic carbocycles. The van der Waals surface area contributed by atoms with Gasteiger partial charge in [0.25, 0.3) is 0 Å². The second-order valence-electron chi connectivity index (χ2n) is 6.32. The van der Waals surface area contributed by atoms with Crippen molar-refractivity contribution in [3.63, 3.8) is 0 Å². The van der Waals surface area contributed by atoms with Gasteiger partial charge in [0.1, 0.15) is 0 Å². The maximum atomic E-state index is 11.7. The number of carbonyl (C=O) groups is 1. The average Bonchev–Trinajstić information content (AvgIpc) is 3.35. The highest BCUT2D eigenvalue weighted by molar-refractivity contribution is 5.80. The summed E-state index contributed by atoms with van der Waals surface area (Å²) in [5.74, 6) is 1.15. The van der Waals surface area contributed by atoms with Gasteiger partial charge in [0.05, 0.1) is 6.10 Å². The zero-order valence-corrected chi connectivity index (χ0v) is 14.6. The fraction of sp³-hybridized carbons (Fsp3) is 0.882. The van der Waals surface area contributed by atoms with E-state index in [-0.39, 0.29) is 5.91 Å². The minimum Gasteiger partial charge on any atom is -0.378 e. The highest BCUT2D eigenvalue weighted by Gasteiger charge is 2.23. The van der Waals surface area contributed by atoms with Gasteiger partial charge >= 0.3 is 0 Å². The first-order valence-electron chi connectivity index (χ1n) is 9.17. The molecule has 2 N–H and O–H groups in total. The molecule has 1 heterocycles. The van der Waals surface area contributed by atoms with Gasteiger partial charge < -0.3 is 20.3 Å². The van der Waals surface area contributed by atoms with E-state index < -0.39 is 0 Å². The molecule has 0 bridgehead atoms. The smallest absolute Gasteiger partial charge is 0.220 e. The Hall–Kier alpha value is -1.30. The van der Waals surface area contributed by atoms with Crippen molar-refractivity contribution in [3.8, 4) is 0 Å². The SMILES string of the molecule is CCNC(=NCCCC(=O)NC1CC1)N1CCC(OCC)CC1. The van der Waals surface area contributed by atoms with Crippen LogP contribution in [0.5, 0.6) is 0 Å². The standard InChI is InChI=1S/C17H32N4O2/c1-3-18-17(21-12-9-15(10-13-21)23-4-2)19-11-5-6-16(22)20-14-7-8-14/h14-15H,3-13H2,1-2H3,(H,18,19)(H,20,22). The van der Waals surface area contributed by atoms with Crippen LogP contribution in [-0.2, 0) is 9.53 Å². The van der Waals surface area contributed by atoms with Gasteiger partial charge in [-0.2, -0.15) is 0 Å². The van der Waals surface area contributed by atoms with Gasteiger partial charge in [-0.05, 0) is 46.0 Å². The van der Waals surface area contributed by atoms with Crippen molar-refractivity contribution in [3.05, 3.63) is 0 Å². The highest BCUT2D eigenvalue weighted by Crippen LogP contribution is 2.18. The van der Waals surface area contributed by atoms with Gasteiger partial charge in [-0.25, -0.2) is 0 Å². The number of ether oxygens (including phenoxy) is 1. The first kappa shape index (κ1) is 18.0. The zero-order valence-electron chi connectivity index (χ0n) is 14.6. The Morgan fingerprint density at radius 3 is 2.57 bits per heavy atom. The molecule has 1 saturated carbocycles. The molecule has 132 valence electrons. The van der Waals surface area contributed by atoms with Crippen LogP contribution < -0.4 is 10.6 Å². The van der Waals surface area contributed by atoms with Gasteiger partial charge in [-0.3, -0.25) is 9.79 Å². The number of nitrogens with zero attached hydrogens (tertiary/aromatic N) is 2. The number of guanidine groups is 1. The molecule has 1 aliphatic heterocycles. The number of hydrogen-bond donors (Lipinski definition) is 2. The largest absolute Gasteiger partial charge is 0.378 e. The lowest BCUT2D eigenvalue weighted by Crippen LogP contribution is -2.47. The minimum absolute atomic E-state index is 0.172. The number of amides is 1. The van der Waals surface area contributed by atoms with E-state index in [9.17, 15) is 4.79 Å². The molecule has 0 aromatic rings. The van der Waals surface area contributed by atoms with Crippen molar-refractivity contribution in [2.45, 2.75) is 64.5 Å². The Morgan fingerprint density at radius 1 is 1.22 bits per heavy atom. The maximum absolute atomic E-state index is 11.7. The summed E-state index contributed by atoms with van der Waals surface area (Å²) in [6.07, 6.45) is 6.18. The van der Waals surface area contributed by atoms with Crippen LogP contribution in [0.3, 0.4) is 0 Å². The molecule has 0 atom stereocenters. The number of piperidine rings is 1. The third kappa shape index (κ3) is 6.77. The van der Waals surface area contributed by atoms with Gasteiger partial charge in [0.15, 0.2) is 5.96 Å². The van der Waals surface area contributed by atoms with Crippen LogP contribution in [0.15, 0.2) is 4.99 Å². The summed E-state index contributed by atoms with van der Waals surface area (Å²) in [5.41, 5.74) is 0. The molecular weight excluding hydrogens is 292 g/mol. The van der Waals surface area contributed by atoms with Gasteiger partial charge in [0, 0.05) is 45.2 Å². The predicted octanol–water partition coefficient (Wildman–Crippen LogP) is 1.51. The van der Waals surface area contributed by atoms with E-state index in [0.29, 0.717) is 25.1 Å². The van der Waals surface area contributed by atoms with Crippen LogP contribution in [0.25, 0.3) is 0 Å². The molecule has 6 nitrogen and oxygen atoms in total. The summed E-state index contributed by atoms with van der Waals surface area (Å²) in [7, 11) is 0. The van der Waals surface area contributed by atoms with Gasteiger partial charge in [0.2, 0.25) is 5.91 Å². The van der Waals surface area contributed by atoms with Crippen LogP contribution >= 0.6 is 0 Å². The quantitative estimate of drug-likeness (QED) is 0.403. The van der Waals surface area contributed by atoms with Crippen LogP contribution in [0.1, 0.15) is 52.4 Å². The van der Waals surface area contributed by atoms with E-state index in [2.05, 4.69) is 34.4 Å². The first-order valence-corrected chi connectivity index (χ1v) is 9.17. The summed E-state index contributed by atoms with van der Waals surface area (Å²) in [5, 5.41) is 6.38. The number of nitrogens with one attached hydrogen (secondary N) is 2. The maximum Gasteiger partial charge on any atom is 0.220 e. The molecule has 2 fully saturated rings. The number of aliphatic imine (C=N–C) groups is 1. The molecule has 1 saturated heterocycles. The molecule has 1 amide bonds. The van der Waals surface area contributed by atoms with E-state index in [0.717, 1.165) is 64.3 Å². The normalized spacial score (nSPS) is 19.7. The lowest BCUT2D eigenvalue weighted by atomic mass is 10.1. The molecule has 0 spiro atoms. The van der Waals surface area contributed by atoms with Crippen molar-refractivity contribution in [2.75, 3.05) is 32.8 Å². The summed E-state index contributed by atoms with van der Waals surface area (Å²) in [6, 6.07) is 0.454. The Bertz CT molecular complexity index is 388. The summed E-state index contributed by atoms with van der Waals surface area (Å²) >= 11 is 0. The topological polar surface area (TPSA) is 66.0 Å². The summed E-state index contributed by atoms with van der Waals surface area (Å²) < 4.78 is 5.70. The van der Waals surface area contributed by atoms with Crippen molar-refractivity contribution < 1.29 is 9.53 Å². The molecule has 23 heavy (non-hydrogen) atoms.